The highest BCUT2D eigenvalue weighted by molar-refractivity contribution is 5.79. The highest BCUT2D eigenvalue weighted by Crippen LogP contribution is 2.29. The summed E-state index contributed by atoms with van der Waals surface area (Å²) in [6, 6.07) is 0.192. The van der Waals surface area contributed by atoms with Crippen LogP contribution in [-0.4, -0.2) is 22.2 Å². The van der Waals surface area contributed by atoms with Crippen LogP contribution in [0.2, 0.25) is 0 Å². The third-order valence-corrected chi connectivity index (χ3v) is 3.29. The smallest absolute Gasteiger partial charge is 0.354 e. The molecule has 1 amide bonds. The van der Waals surface area contributed by atoms with Gasteiger partial charge in [0.15, 0.2) is 5.69 Å². The third kappa shape index (κ3) is 5.06. The zero-order chi connectivity index (χ0) is 16.0. The van der Waals surface area contributed by atoms with Crippen molar-refractivity contribution in [1.82, 2.24) is 15.1 Å². The molecule has 0 aliphatic heterocycles. The minimum Gasteiger partial charge on any atom is -0.354 e. The first-order chi connectivity index (χ1) is 9.77. The van der Waals surface area contributed by atoms with Crippen molar-refractivity contribution in [1.29, 1.82) is 0 Å². The SMILES string of the molecule is CCCCCCNC(=O)C(C)n1nc(C(F)(F)F)cc1C. The Morgan fingerprint density at radius 1 is 1.38 bits per heavy atom. The van der Waals surface area contributed by atoms with Gasteiger partial charge in [0.25, 0.3) is 0 Å². The summed E-state index contributed by atoms with van der Waals surface area (Å²) in [5.41, 5.74) is -0.654. The molecule has 21 heavy (non-hydrogen) atoms. The number of amides is 1. The topological polar surface area (TPSA) is 46.9 Å². The zero-order valence-corrected chi connectivity index (χ0v) is 12.6. The highest BCUT2D eigenvalue weighted by atomic mass is 19.4. The van der Waals surface area contributed by atoms with Crippen LogP contribution in [0.1, 0.15) is 57.0 Å². The predicted octanol–water partition coefficient (Wildman–Crippen LogP) is 3.47. The monoisotopic (exact) mass is 305 g/mol. The molecular weight excluding hydrogens is 283 g/mol. The number of hydrogen-bond acceptors (Lipinski definition) is 2. The van der Waals surface area contributed by atoms with E-state index in [4.69, 9.17) is 0 Å². The number of hydrogen-bond donors (Lipinski definition) is 1. The number of carbonyl (C=O) groups excluding carboxylic acids is 1. The lowest BCUT2D eigenvalue weighted by molar-refractivity contribution is -0.142. The van der Waals surface area contributed by atoms with Crippen LogP contribution in [0, 0.1) is 6.92 Å². The molecule has 0 saturated carbocycles. The van der Waals surface area contributed by atoms with E-state index in [-0.39, 0.29) is 5.91 Å². The van der Waals surface area contributed by atoms with Crippen molar-refractivity contribution in [2.75, 3.05) is 6.54 Å². The van der Waals surface area contributed by atoms with Crippen molar-refractivity contribution in [3.8, 4) is 0 Å². The van der Waals surface area contributed by atoms with E-state index in [1.165, 1.54) is 6.92 Å². The molecule has 1 aromatic heterocycles. The minimum absolute atomic E-state index is 0.313. The fraction of sp³-hybridized carbons (Fsp3) is 0.714. The molecule has 0 aliphatic rings. The van der Waals surface area contributed by atoms with Crippen LogP contribution in [0.3, 0.4) is 0 Å². The predicted molar refractivity (Wildman–Crippen MR) is 73.8 cm³/mol. The standard InChI is InChI=1S/C14H22F3N3O/c1-4-5-6-7-8-18-13(21)11(3)20-10(2)9-12(19-20)14(15,16)17/h9,11H,4-8H2,1-3H3,(H,18,21). The van der Waals surface area contributed by atoms with Crippen molar-refractivity contribution in [2.45, 2.75) is 58.7 Å². The second kappa shape index (κ2) is 7.47. The molecule has 120 valence electrons. The quantitative estimate of drug-likeness (QED) is 0.784. The van der Waals surface area contributed by atoms with Gasteiger partial charge in [0.1, 0.15) is 6.04 Å². The van der Waals surface area contributed by atoms with Crippen LogP contribution in [0.4, 0.5) is 13.2 Å². The molecular formula is C14H22F3N3O. The molecule has 0 bridgehead atoms. The van der Waals surface area contributed by atoms with Gasteiger partial charge in [-0.1, -0.05) is 26.2 Å². The molecule has 0 aliphatic carbocycles. The Balaban J connectivity index is 2.60. The van der Waals surface area contributed by atoms with Gasteiger partial charge >= 0.3 is 6.18 Å². The maximum atomic E-state index is 12.6. The van der Waals surface area contributed by atoms with Crippen LogP contribution in [0.5, 0.6) is 0 Å². The molecule has 0 fully saturated rings. The van der Waals surface area contributed by atoms with E-state index in [2.05, 4.69) is 17.3 Å². The first-order valence-corrected chi connectivity index (χ1v) is 7.18. The van der Waals surface area contributed by atoms with Crippen molar-refractivity contribution in [3.05, 3.63) is 17.5 Å². The summed E-state index contributed by atoms with van der Waals surface area (Å²) in [6.07, 6.45) is -0.371. The van der Waals surface area contributed by atoms with Gasteiger partial charge in [0, 0.05) is 12.2 Å². The molecule has 1 rings (SSSR count). The van der Waals surface area contributed by atoms with Gasteiger partial charge in [0.05, 0.1) is 0 Å². The summed E-state index contributed by atoms with van der Waals surface area (Å²) in [6.45, 7) is 5.68. The van der Waals surface area contributed by atoms with Crippen molar-refractivity contribution in [2.24, 2.45) is 0 Å². The summed E-state index contributed by atoms with van der Waals surface area (Å²) >= 11 is 0. The molecule has 0 spiro atoms. The average Bonchev–Trinajstić information content (AvgIpc) is 2.79. The van der Waals surface area contributed by atoms with E-state index in [1.807, 2.05) is 0 Å². The summed E-state index contributed by atoms with van der Waals surface area (Å²) < 4.78 is 38.9. The second-order valence-corrected chi connectivity index (χ2v) is 5.14. The number of aromatic nitrogens is 2. The average molecular weight is 305 g/mol. The van der Waals surface area contributed by atoms with Crippen LogP contribution in [-0.2, 0) is 11.0 Å². The van der Waals surface area contributed by atoms with Crippen LogP contribution < -0.4 is 5.32 Å². The van der Waals surface area contributed by atoms with Gasteiger partial charge < -0.3 is 5.32 Å². The first-order valence-electron chi connectivity index (χ1n) is 7.18. The Labute approximate surface area is 122 Å². The number of nitrogens with zero attached hydrogens (tertiary/aromatic N) is 2. The summed E-state index contributed by atoms with van der Waals surface area (Å²) in [5, 5.41) is 6.22. The van der Waals surface area contributed by atoms with Crippen LogP contribution in [0.25, 0.3) is 0 Å². The number of nitrogens with one attached hydrogen (secondary N) is 1. The van der Waals surface area contributed by atoms with Crippen LogP contribution in [0.15, 0.2) is 6.07 Å². The van der Waals surface area contributed by atoms with Crippen molar-refractivity contribution < 1.29 is 18.0 Å². The molecule has 1 aromatic rings. The summed E-state index contributed by atoms with van der Waals surface area (Å²) in [4.78, 5) is 11.9. The van der Waals surface area contributed by atoms with E-state index in [9.17, 15) is 18.0 Å². The summed E-state index contributed by atoms with van der Waals surface area (Å²) in [5.74, 6) is -0.313. The fourth-order valence-electron chi connectivity index (χ4n) is 2.04. The lowest BCUT2D eigenvalue weighted by Crippen LogP contribution is -2.32. The van der Waals surface area contributed by atoms with E-state index >= 15 is 0 Å². The molecule has 0 radical (unpaired) electrons. The van der Waals surface area contributed by atoms with E-state index in [1.54, 1.807) is 6.92 Å². The third-order valence-electron chi connectivity index (χ3n) is 3.29. The molecule has 7 heteroatoms. The number of rotatable bonds is 7. The van der Waals surface area contributed by atoms with Crippen LogP contribution >= 0.6 is 0 Å². The van der Waals surface area contributed by atoms with Gasteiger partial charge in [0.2, 0.25) is 5.91 Å². The minimum atomic E-state index is -4.49. The van der Waals surface area contributed by atoms with E-state index in [0.717, 1.165) is 36.4 Å². The first kappa shape index (κ1) is 17.5. The van der Waals surface area contributed by atoms with E-state index in [0.29, 0.717) is 12.2 Å². The van der Waals surface area contributed by atoms with E-state index < -0.39 is 17.9 Å². The normalized spacial score (nSPS) is 13.2. The summed E-state index contributed by atoms with van der Waals surface area (Å²) in [7, 11) is 0. The molecule has 0 aromatic carbocycles. The number of unbranched alkanes of at least 4 members (excludes halogenated alkanes) is 3. The van der Waals surface area contributed by atoms with Crippen molar-refractivity contribution >= 4 is 5.91 Å². The maximum Gasteiger partial charge on any atom is 0.435 e. The Bertz CT molecular complexity index is 469. The number of carbonyl (C=O) groups is 1. The fourth-order valence-corrected chi connectivity index (χ4v) is 2.04. The van der Waals surface area contributed by atoms with Gasteiger partial charge in [-0.3, -0.25) is 9.48 Å². The second-order valence-electron chi connectivity index (χ2n) is 5.14. The molecule has 0 saturated heterocycles. The zero-order valence-electron chi connectivity index (χ0n) is 12.6. The maximum absolute atomic E-state index is 12.6. The lowest BCUT2D eigenvalue weighted by atomic mass is 10.2. The van der Waals surface area contributed by atoms with Gasteiger partial charge in [-0.25, -0.2) is 0 Å². The lowest BCUT2D eigenvalue weighted by Gasteiger charge is -2.14. The number of aryl methyl sites for hydroxylation is 1. The Hall–Kier alpha value is -1.53. The van der Waals surface area contributed by atoms with Gasteiger partial charge in [-0.05, 0) is 26.3 Å². The van der Waals surface area contributed by atoms with Gasteiger partial charge in [-0.15, -0.1) is 0 Å². The number of alkyl halides is 3. The van der Waals surface area contributed by atoms with Crippen molar-refractivity contribution in [3.63, 3.8) is 0 Å². The number of halogens is 3. The largest absolute Gasteiger partial charge is 0.435 e. The Kier molecular flexibility index (Phi) is 6.23. The molecule has 1 unspecified atom stereocenters. The molecule has 1 N–H and O–H groups in total. The molecule has 4 nitrogen and oxygen atoms in total. The molecule has 1 atom stereocenters. The highest BCUT2D eigenvalue weighted by Gasteiger charge is 2.35. The Morgan fingerprint density at radius 3 is 2.57 bits per heavy atom. The Morgan fingerprint density at radius 2 is 2.05 bits per heavy atom. The molecule has 1 heterocycles. The van der Waals surface area contributed by atoms with Gasteiger partial charge in [-0.2, -0.15) is 18.3 Å².